The third-order valence-corrected chi connectivity index (χ3v) is 5.03. The zero-order chi connectivity index (χ0) is 20.8. The summed E-state index contributed by atoms with van der Waals surface area (Å²) in [6.07, 6.45) is 2.10. The smallest absolute Gasteiger partial charge is 0.238 e. The molecule has 4 rings (SSSR count). The van der Waals surface area contributed by atoms with Gasteiger partial charge in [0.05, 0.1) is 37.1 Å². The predicted octanol–water partition coefficient (Wildman–Crippen LogP) is 2.34. The number of fused-ring (bicyclic) bond motifs is 1. The molecule has 1 aliphatic rings. The van der Waals surface area contributed by atoms with Crippen LogP contribution in [0.3, 0.4) is 0 Å². The van der Waals surface area contributed by atoms with Crippen LogP contribution in [0, 0.1) is 0 Å². The number of carbonyl (C=O) groups excluding carboxylic acids is 2. The fourth-order valence-electron chi connectivity index (χ4n) is 3.43. The number of amides is 2. The van der Waals surface area contributed by atoms with Gasteiger partial charge in [-0.05, 0) is 36.4 Å². The number of hydrogen-bond donors (Lipinski definition) is 2. The van der Waals surface area contributed by atoms with Crippen LogP contribution >= 0.6 is 0 Å². The summed E-state index contributed by atoms with van der Waals surface area (Å²) in [5.41, 5.74) is 3.34. The second-order valence-corrected chi connectivity index (χ2v) is 7.24. The molecule has 2 N–H and O–H groups in total. The lowest BCUT2D eigenvalue weighted by atomic mass is 10.2. The second-order valence-electron chi connectivity index (χ2n) is 7.24. The molecule has 2 amide bonds. The SMILES string of the molecule is O=C(CCn1cnc2ccccc21)Nc1ccc(NC(=O)CN2CCOCC2)cc1. The summed E-state index contributed by atoms with van der Waals surface area (Å²) in [6, 6.07) is 15.0. The average molecular weight is 407 g/mol. The van der Waals surface area contributed by atoms with Gasteiger partial charge in [-0.15, -0.1) is 0 Å². The van der Waals surface area contributed by atoms with Crippen molar-refractivity contribution in [1.82, 2.24) is 14.5 Å². The van der Waals surface area contributed by atoms with Crippen LogP contribution in [0.15, 0.2) is 54.9 Å². The Morgan fingerprint density at radius 2 is 1.60 bits per heavy atom. The van der Waals surface area contributed by atoms with Gasteiger partial charge < -0.3 is 19.9 Å². The van der Waals surface area contributed by atoms with Crippen molar-refractivity contribution in [3.63, 3.8) is 0 Å². The van der Waals surface area contributed by atoms with E-state index in [1.807, 2.05) is 28.8 Å². The van der Waals surface area contributed by atoms with E-state index in [4.69, 9.17) is 4.74 Å². The van der Waals surface area contributed by atoms with Crippen molar-refractivity contribution in [2.45, 2.75) is 13.0 Å². The van der Waals surface area contributed by atoms with Crippen molar-refractivity contribution in [3.8, 4) is 0 Å². The minimum atomic E-state index is -0.0723. The molecule has 0 aliphatic carbocycles. The second kappa shape index (κ2) is 9.51. The molecule has 0 unspecified atom stereocenters. The number of para-hydroxylation sites is 2. The largest absolute Gasteiger partial charge is 0.379 e. The first-order valence-corrected chi connectivity index (χ1v) is 10.1. The van der Waals surface area contributed by atoms with Crippen molar-refractivity contribution >= 4 is 34.2 Å². The number of morpholine rings is 1. The summed E-state index contributed by atoms with van der Waals surface area (Å²) < 4.78 is 7.26. The number of nitrogens with one attached hydrogen (secondary N) is 2. The summed E-state index contributed by atoms with van der Waals surface area (Å²) >= 11 is 0. The molecule has 1 aliphatic heterocycles. The molecule has 1 aromatic heterocycles. The van der Waals surface area contributed by atoms with Crippen molar-refractivity contribution in [1.29, 1.82) is 0 Å². The fourth-order valence-corrected chi connectivity index (χ4v) is 3.43. The Balaban J connectivity index is 1.24. The first-order chi connectivity index (χ1) is 14.7. The summed E-state index contributed by atoms with van der Waals surface area (Å²) in [4.78, 5) is 30.9. The Morgan fingerprint density at radius 3 is 2.33 bits per heavy atom. The van der Waals surface area contributed by atoms with Gasteiger partial charge in [0, 0.05) is 37.4 Å². The summed E-state index contributed by atoms with van der Waals surface area (Å²) in [5, 5.41) is 5.78. The van der Waals surface area contributed by atoms with Gasteiger partial charge in [-0.25, -0.2) is 4.98 Å². The molecule has 8 nitrogen and oxygen atoms in total. The minimum absolute atomic E-state index is 0.0544. The van der Waals surface area contributed by atoms with Crippen LogP contribution in [0.1, 0.15) is 6.42 Å². The highest BCUT2D eigenvalue weighted by atomic mass is 16.5. The molecule has 1 saturated heterocycles. The number of carbonyl (C=O) groups is 2. The molecule has 3 aromatic rings. The molecule has 1 fully saturated rings. The zero-order valence-corrected chi connectivity index (χ0v) is 16.7. The van der Waals surface area contributed by atoms with Crippen molar-refractivity contribution in [3.05, 3.63) is 54.9 Å². The Bertz CT molecular complexity index is 1010. The number of benzene rings is 2. The molecule has 8 heteroatoms. The monoisotopic (exact) mass is 407 g/mol. The molecule has 0 spiro atoms. The van der Waals surface area contributed by atoms with Gasteiger partial charge in [-0.3, -0.25) is 14.5 Å². The lowest BCUT2D eigenvalue weighted by molar-refractivity contribution is -0.118. The highest BCUT2D eigenvalue weighted by Crippen LogP contribution is 2.15. The maximum Gasteiger partial charge on any atom is 0.238 e. The van der Waals surface area contributed by atoms with E-state index in [9.17, 15) is 9.59 Å². The molecule has 156 valence electrons. The van der Waals surface area contributed by atoms with Crippen LogP contribution < -0.4 is 10.6 Å². The first-order valence-electron chi connectivity index (χ1n) is 10.1. The van der Waals surface area contributed by atoms with E-state index < -0.39 is 0 Å². The predicted molar refractivity (Wildman–Crippen MR) is 115 cm³/mol. The van der Waals surface area contributed by atoms with Crippen LogP contribution in [0.25, 0.3) is 11.0 Å². The normalized spacial score (nSPS) is 14.5. The standard InChI is InChI=1S/C22H25N5O3/c28-21(9-10-27-16-23-19-3-1-2-4-20(19)27)24-17-5-7-18(8-6-17)25-22(29)15-26-11-13-30-14-12-26/h1-8,16H,9-15H2,(H,24,28)(H,25,29). The van der Waals surface area contributed by atoms with Gasteiger partial charge in [-0.1, -0.05) is 12.1 Å². The first kappa shape index (κ1) is 20.1. The number of aromatic nitrogens is 2. The number of imidazole rings is 1. The molecule has 0 atom stereocenters. The van der Waals surface area contributed by atoms with Crippen LogP contribution in [0.2, 0.25) is 0 Å². The number of anilines is 2. The van der Waals surface area contributed by atoms with E-state index in [0.29, 0.717) is 44.1 Å². The van der Waals surface area contributed by atoms with Crippen LogP contribution in [-0.2, 0) is 20.9 Å². The molecule has 30 heavy (non-hydrogen) atoms. The number of hydrogen-bond acceptors (Lipinski definition) is 5. The van der Waals surface area contributed by atoms with Gasteiger partial charge in [0.25, 0.3) is 0 Å². The minimum Gasteiger partial charge on any atom is -0.379 e. The lowest BCUT2D eigenvalue weighted by Crippen LogP contribution is -2.41. The van der Waals surface area contributed by atoms with Gasteiger partial charge in [0.2, 0.25) is 11.8 Å². The molecule has 0 radical (unpaired) electrons. The average Bonchev–Trinajstić information content (AvgIpc) is 3.17. The number of rotatable bonds is 7. The van der Waals surface area contributed by atoms with E-state index >= 15 is 0 Å². The highest BCUT2D eigenvalue weighted by molar-refractivity contribution is 5.93. The van der Waals surface area contributed by atoms with E-state index in [1.165, 1.54) is 0 Å². The van der Waals surface area contributed by atoms with Crippen molar-refractivity contribution in [2.75, 3.05) is 43.5 Å². The van der Waals surface area contributed by atoms with Gasteiger partial charge in [-0.2, -0.15) is 0 Å². The van der Waals surface area contributed by atoms with Gasteiger partial charge in [0.15, 0.2) is 0 Å². The molecule has 2 heterocycles. The Kier molecular flexibility index (Phi) is 6.36. The van der Waals surface area contributed by atoms with Crippen molar-refractivity contribution < 1.29 is 14.3 Å². The highest BCUT2D eigenvalue weighted by Gasteiger charge is 2.14. The Labute approximate surface area is 174 Å². The molecular formula is C22H25N5O3. The van der Waals surface area contributed by atoms with Gasteiger partial charge >= 0.3 is 0 Å². The summed E-state index contributed by atoms with van der Waals surface area (Å²) in [7, 11) is 0. The fraction of sp³-hybridized carbons (Fsp3) is 0.318. The van der Waals surface area contributed by atoms with Crippen LogP contribution in [-0.4, -0.2) is 59.1 Å². The maximum absolute atomic E-state index is 12.3. The van der Waals surface area contributed by atoms with Crippen LogP contribution in [0.4, 0.5) is 11.4 Å². The molecule has 0 saturated carbocycles. The Hall–Kier alpha value is -3.23. The number of nitrogens with zero attached hydrogens (tertiary/aromatic N) is 3. The van der Waals surface area contributed by atoms with Crippen molar-refractivity contribution in [2.24, 2.45) is 0 Å². The lowest BCUT2D eigenvalue weighted by Gasteiger charge is -2.25. The summed E-state index contributed by atoms with van der Waals surface area (Å²) in [5.74, 6) is -0.127. The number of aryl methyl sites for hydroxylation is 1. The zero-order valence-electron chi connectivity index (χ0n) is 16.7. The van der Waals surface area contributed by atoms with E-state index in [2.05, 4.69) is 20.5 Å². The third kappa shape index (κ3) is 5.22. The summed E-state index contributed by atoms with van der Waals surface area (Å²) in [6.45, 7) is 3.78. The van der Waals surface area contributed by atoms with Gasteiger partial charge in [0.1, 0.15) is 0 Å². The molecular weight excluding hydrogens is 382 g/mol. The number of ether oxygens (including phenoxy) is 1. The van der Waals surface area contributed by atoms with E-state index in [1.54, 1.807) is 30.6 Å². The van der Waals surface area contributed by atoms with E-state index in [0.717, 1.165) is 24.1 Å². The molecule has 0 bridgehead atoms. The quantitative estimate of drug-likeness (QED) is 0.628. The third-order valence-electron chi connectivity index (χ3n) is 5.03. The van der Waals surface area contributed by atoms with E-state index in [-0.39, 0.29) is 11.8 Å². The maximum atomic E-state index is 12.3. The topological polar surface area (TPSA) is 88.5 Å². The molecule has 2 aromatic carbocycles. The van der Waals surface area contributed by atoms with Crippen LogP contribution in [0.5, 0.6) is 0 Å². The Morgan fingerprint density at radius 1 is 0.933 bits per heavy atom.